The van der Waals surface area contributed by atoms with Crippen molar-refractivity contribution >= 4 is 45.2 Å². The van der Waals surface area contributed by atoms with Crippen LogP contribution in [0.5, 0.6) is 0 Å². The highest BCUT2D eigenvalue weighted by atomic mass is 127. The Labute approximate surface area is 150 Å². The van der Waals surface area contributed by atoms with Crippen LogP contribution in [0.3, 0.4) is 0 Å². The van der Waals surface area contributed by atoms with Crippen molar-refractivity contribution in [3.05, 3.63) is 0 Å². The molecule has 16 heteroatoms. The first-order chi connectivity index (χ1) is 10.1. The topological polar surface area (TPSA) is 0 Å². The van der Waals surface area contributed by atoms with Crippen LogP contribution in [0.4, 0.5) is 61.5 Å². The lowest BCUT2D eigenvalue weighted by atomic mass is 9.95. The standard InChI is InChI=1S/C8H2F14I2/c9-3(10,1(23)2(24)4(11,12)13)5(14,15)6(16,17)7(18,19)8(20,21)22/h1-2H. The van der Waals surface area contributed by atoms with E-state index in [9.17, 15) is 61.5 Å². The number of rotatable bonds is 5. The molecule has 0 aliphatic carbocycles. The third kappa shape index (κ3) is 3.77. The van der Waals surface area contributed by atoms with Gasteiger partial charge in [-0.1, -0.05) is 45.2 Å². The van der Waals surface area contributed by atoms with E-state index in [0.717, 1.165) is 0 Å². The van der Waals surface area contributed by atoms with E-state index in [0.29, 0.717) is 0 Å². The van der Waals surface area contributed by atoms with Gasteiger partial charge in [-0.05, 0) is 0 Å². The lowest BCUT2D eigenvalue weighted by Gasteiger charge is -2.39. The zero-order valence-electron chi connectivity index (χ0n) is 10.2. The van der Waals surface area contributed by atoms with E-state index in [1.807, 2.05) is 0 Å². The molecule has 0 aliphatic rings. The summed E-state index contributed by atoms with van der Waals surface area (Å²) in [6, 6.07) is 0. The molecular weight excluding hydrogens is 616 g/mol. The van der Waals surface area contributed by atoms with Gasteiger partial charge in [0.2, 0.25) is 0 Å². The Hall–Kier alpha value is 0.480. The molecular formula is C8H2F14I2. The van der Waals surface area contributed by atoms with Crippen LogP contribution in [0, 0.1) is 0 Å². The van der Waals surface area contributed by atoms with E-state index in [-0.39, 0.29) is 45.2 Å². The number of alkyl halides is 16. The van der Waals surface area contributed by atoms with Gasteiger partial charge in [-0.25, -0.2) is 0 Å². The summed E-state index contributed by atoms with van der Waals surface area (Å²) in [4.78, 5) is 0. The maximum absolute atomic E-state index is 13.3. The van der Waals surface area contributed by atoms with Gasteiger partial charge in [0.1, 0.15) is 7.85 Å². The number of halogens is 16. The van der Waals surface area contributed by atoms with Crippen molar-refractivity contribution in [2.24, 2.45) is 0 Å². The van der Waals surface area contributed by atoms with E-state index >= 15 is 0 Å². The van der Waals surface area contributed by atoms with E-state index in [1.165, 1.54) is 0 Å². The number of hydrogen-bond acceptors (Lipinski definition) is 0. The predicted octanol–water partition coefficient (Wildman–Crippen LogP) is 6.26. The van der Waals surface area contributed by atoms with Crippen LogP contribution >= 0.6 is 45.2 Å². The van der Waals surface area contributed by atoms with Gasteiger partial charge in [-0.3, -0.25) is 0 Å². The molecule has 0 aromatic rings. The largest absolute Gasteiger partial charge is 0.460 e. The quantitative estimate of drug-likeness (QED) is 0.194. The van der Waals surface area contributed by atoms with Gasteiger partial charge < -0.3 is 0 Å². The summed E-state index contributed by atoms with van der Waals surface area (Å²) >= 11 is 0.0373. The first-order valence-electron chi connectivity index (χ1n) is 4.99. The van der Waals surface area contributed by atoms with E-state index in [2.05, 4.69) is 0 Å². The molecule has 0 rings (SSSR count). The van der Waals surface area contributed by atoms with Crippen LogP contribution in [0.1, 0.15) is 0 Å². The molecule has 146 valence electrons. The minimum absolute atomic E-state index is 0.0671. The van der Waals surface area contributed by atoms with Crippen LogP contribution in [-0.2, 0) is 0 Å². The fourth-order valence-electron chi connectivity index (χ4n) is 1.11. The van der Waals surface area contributed by atoms with Crippen LogP contribution in [0.25, 0.3) is 0 Å². The lowest BCUT2D eigenvalue weighted by molar-refractivity contribution is -0.421. The first kappa shape index (κ1) is 24.5. The Morgan fingerprint density at radius 1 is 0.458 bits per heavy atom. The van der Waals surface area contributed by atoms with E-state index in [4.69, 9.17) is 0 Å². The molecule has 0 saturated heterocycles. The van der Waals surface area contributed by atoms with Crippen LogP contribution < -0.4 is 0 Å². The highest BCUT2D eigenvalue weighted by Gasteiger charge is 2.88. The van der Waals surface area contributed by atoms with Gasteiger partial charge in [0, 0.05) is 0 Å². The summed E-state index contributed by atoms with van der Waals surface area (Å²) in [6.07, 6.45) is -13.0. The lowest BCUT2D eigenvalue weighted by Crippen LogP contribution is -2.69. The summed E-state index contributed by atoms with van der Waals surface area (Å²) in [5.41, 5.74) is 0. The molecule has 0 saturated carbocycles. The average molecular weight is 618 g/mol. The molecule has 0 fully saturated rings. The van der Waals surface area contributed by atoms with Gasteiger partial charge in [0.05, 0.1) is 0 Å². The Kier molecular flexibility index (Phi) is 6.71. The second kappa shape index (κ2) is 6.58. The van der Waals surface area contributed by atoms with Crippen molar-refractivity contribution in [3.63, 3.8) is 0 Å². The zero-order valence-corrected chi connectivity index (χ0v) is 14.5. The number of hydrogen-bond donors (Lipinski definition) is 0. The van der Waals surface area contributed by atoms with Crippen LogP contribution in [-0.4, -0.2) is 43.9 Å². The molecule has 0 spiro atoms. The van der Waals surface area contributed by atoms with Crippen molar-refractivity contribution in [1.29, 1.82) is 0 Å². The molecule has 0 aromatic carbocycles. The third-order valence-electron chi connectivity index (χ3n) is 2.48. The van der Waals surface area contributed by atoms with Gasteiger partial charge in [0.25, 0.3) is 0 Å². The minimum atomic E-state index is -7.72. The van der Waals surface area contributed by atoms with Crippen molar-refractivity contribution in [2.45, 2.75) is 43.9 Å². The molecule has 0 aliphatic heterocycles. The van der Waals surface area contributed by atoms with Crippen LogP contribution in [0.15, 0.2) is 0 Å². The molecule has 0 radical (unpaired) electrons. The summed E-state index contributed by atoms with van der Waals surface area (Å²) < 4.78 is 169. The zero-order chi connectivity index (χ0) is 20.2. The summed E-state index contributed by atoms with van der Waals surface area (Å²) in [6.45, 7) is 0. The fraction of sp³-hybridized carbons (Fsp3) is 1.00. The Balaban J connectivity index is 6.12. The minimum Gasteiger partial charge on any atom is -0.198 e. The van der Waals surface area contributed by atoms with Gasteiger partial charge in [-0.15, -0.1) is 0 Å². The molecule has 2 unspecified atom stereocenters. The SMILES string of the molecule is FC(F)(F)C(I)C(I)C(F)(F)C(F)(F)C(F)(F)C(F)(F)C(F)(F)F. The Morgan fingerprint density at radius 3 is 1.04 bits per heavy atom. The van der Waals surface area contributed by atoms with Gasteiger partial charge in [0.15, 0.2) is 0 Å². The van der Waals surface area contributed by atoms with Gasteiger partial charge in [-0.2, -0.15) is 61.5 Å². The smallest absolute Gasteiger partial charge is 0.198 e. The normalized spacial score (nSPS) is 18.5. The summed E-state index contributed by atoms with van der Waals surface area (Å²) in [7, 11) is 0. The van der Waals surface area contributed by atoms with Crippen molar-refractivity contribution in [3.8, 4) is 0 Å². The molecule has 24 heavy (non-hydrogen) atoms. The second-order valence-electron chi connectivity index (χ2n) is 4.19. The van der Waals surface area contributed by atoms with Crippen LogP contribution in [0.2, 0.25) is 0 Å². The maximum atomic E-state index is 13.3. The average Bonchev–Trinajstić information content (AvgIpc) is 2.33. The second-order valence-corrected chi connectivity index (χ2v) is 6.87. The highest BCUT2D eigenvalue weighted by molar-refractivity contribution is 14.1. The maximum Gasteiger partial charge on any atom is 0.460 e. The fourth-order valence-corrected chi connectivity index (χ4v) is 2.36. The monoisotopic (exact) mass is 618 g/mol. The van der Waals surface area contributed by atoms with Crippen molar-refractivity contribution < 1.29 is 61.5 Å². The Morgan fingerprint density at radius 2 is 0.792 bits per heavy atom. The molecule has 0 bridgehead atoms. The molecule has 0 aromatic heterocycles. The summed E-state index contributed by atoms with van der Waals surface area (Å²) in [5, 5.41) is 0. The molecule has 2 atom stereocenters. The highest BCUT2D eigenvalue weighted by Crippen LogP contribution is 2.59. The van der Waals surface area contributed by atoms with Crippen molar-refractivity contribution in [1.82, 2.24) is 0 Å². The molecule has 0 heterocycles. The third-order valence-corrected chi connectivity index (χ3v) is 6.78. The molecule has 0 amide bonds. The van der Waals surface area contributed by atoms with Gasteiger partial charge >= 0.3 is 36.0 Å². The predicted molar refractivity (Wildman–Crippen MR) is 67.5 cm³/mol. The van der Waals surface area contributed by atoms with E-state index < -0.39 is 43.9 Å². The first-order valence-corrected chi connectivity index (χ1v) is 7.48. The van der Waals surface area contributed by atoms with Crippen molar-refractivity contribution in [2.75, 3.05) is 0 Å². The molecule has 0 nitrogen and oxygen atoms in total. The molecule has 0 N–H and O–H groups in total. The Bertz CT molecular complexity index is 449. The summed E-state index contributed by atoms with van der Waals surface area (Å²) in [5.74, 6) is -29.3. The van der Waals surface area contributed by atoms with E-state index in [1.54, 1.807) is 0 Å².